The minimum Gasteiger partial charge on any atom is -0.490 e. The third-order valence-corrected chi connectivity index (χ3v) is 6.56. The van der Waals surface area contributed by atoms with Gasteiger partial charge in [0, 0.05) is 52.4 Å². The third kappa shape index (κ3) is 6.50. The van der Waals surface area contributed by atoms with Gasteiger partial charge in [0.05, 0.1) is 12.2 Å². The molecule has 39 heavy (non-hydrogen) atoms. The predicted octanol–water partition coefficient (Wildman–Crippen LogP) is 4.67. The van der Waals surface area contributed by atoms with Crippen LogP contribution in [0.2, 0.25) is 0 Å². The molecule has 9 heteroatoms. The Morgan fingerprint density at radius 2 is 1.77 bits per heavy atom. The van der Waals surface area contributed by atoms with Crippen LogP contribution in [0.25, 0.3) is 5.57 Å². The zero-order valence-electron chi connectivity index (χ0n) is 21.9. The molecule has 2 amide bonds. The number of hydrogen-bond donors (Lipinski definition) is 3. The second-order valence-electron chi connectivity index (χ2n) is 9.07. The number of carbonyl (C=O) groups excluding carboxylic acids is 3. The number of ketones is 1. The van der Waals surface area contributed by atoms with Crippen LogP contribution in [0, 0.1) is 5.82 Å². The molecule has 8 nitrogen and oxygen atoms in total. The lowest BCUT2D eigenvalue weighted by atomic mass is 9.98. The highest BCUT2D eigenvalue weighted by molar-refractivity contribution is 6.32. The SMILES string of the molecule is CCN(CC)CCCOc1ccc(NC=C2C(=O)Nc3cc(C(=O)c4cccc(C(N)=O)c4)ccc32)cc1F. The Labute approximate surface area is 226 Å². The number of fused-ring (bicyclic) bond motifs is 1. The molecule has 0 saturated carbocycles. The first kappa shape index (κ1) is 27.5. The highest BCUT2D eigenvalue weighted by Gasteiger charge is 2.25. The van der Waals surface area contributed by atoms with Crippen molar-refractivity contribution < 1.29 is 23.5 Å². The first-order chi connectivity index (χ1) is 18.8. The molecule has 202 valence electrons. The summed E-state index contributed by atoms with van der Waals surface area (Å²) in [6, 6.07) is 15.6. The van der Waals surface area contributed by atoms with E-state index < -0.39 is 11.7 Å². The third-order valence-electron chi connectivity index (χ3n) is 6.56. The number of amides is 2. The Balaban J connectivity index is 1.42. The Bertz CT molecular complexity index is 1430. The van der Waals surface area contributed by atoms with Gasteiger partial charge in [0.25, 0.3) is 5.91 Å². The van der Waals surface area contributed by atoms with Gasteiger partial charge in [-0.3, -0.25) is 14.4 Å². The second kappa shape index (κ2) is 12.4. The molecular formula is C30H31FN4O4. The Morgan fingerprint density at radius 3 is 2.49 bits per heavy atom. The number of nitrogens with zero attached hydrogens (tertiary/aromatic N) is 1. The van der Waals surface area contributed by atoms with Gasteiger partial charge in [-0.1, -0.05) is 38.1 Å². The lowest BCUT2D eigenvalue weighted by Crippen LogP contribution is -2.25. The van der Waals surface area contributed by atoms with Gasteiger partial charge in [-0.15, -0.1) is 0 Å². The van der Waals surface area contributed by atoms with E-state index in [4.69, 9.17) is 10.5 Å². The predicted molar refractivity (Wildman–Crippen MR) is 149 cm³/mol. The Hall–Kier alpha value is -4.50. The van der Waals surface area contributed by atoms with Crippen molar-refractivity contribution in [1.29, 1.82) is 0 Å². The van der Waals surface area contributed by atoms with Crippen molar-refractivity contribution in [3.8, 4) is 5.75 Å². The average molecular weight is 531 g/mol. The fraction of sp³-hybridized carbons (Fsp3) is 0.233. The summed E-state index contributed by atoms with van der Waals surface area (Å²) in [5.74, 6) is -1.61. The number of anilines is 2. The van der Waals surface area contributed by atoms with Gasteiger partial charge < -0.3 is 26.0 Å². The van der Waals surface area contributed by atoms with Crippen LogP contribution in [0.4, 0.5) is 15.8 Å². The molecule has 3 aromatic carbocycles. The van der Waals surface area contributed by atoms with Crippen molar-refractivity contribution >= 4 is 34.5 Å². The van der Waals surface area contributed by atoms with Crippen LogP contribution in [-0.4, -0.2) is 48.7 Å². The van der Waals surface area contributed by atoms with Gasteiger partial charge in [0.2, 0.25) is 5.91 Å². The van der Waals surface area contributed by atoms with Crippen LogP contribution in [0.1, 0.15) is 52.1 Å². The smallest absolute Gasteiger partial charge is 0.257 e. The summed E-state index contributed by atoms with van der Waals surface area (Å²) in [6.45, 7) is 7.45. The van der Waals surface area contributed by atoms with Crippen molar-refractivity contribution in [3.63, 3.8) is 0 Å². The number of primary amides is 1. The largest absolute Gasteiger partial charge is 0.490 e. The molecule has 0 bridgehead atoms. The summed E-state index contributed by atoms with van der Waals surface area (Å²) >= 11 is 0. The molecule has 1 heterocycles. The molecule has 4 rings (SSSR count). The summed E-state index contributed by atoms with van der Waals surface area (Å²) in [4.78, 5) is 39.3. The Morgan fingerprint density at radius 1 is 1.03 bits per heavy atom. The fourth-order valence-electron chi connectivity index (χ4n) is 4.33. The fourth-order valence-corrected chi connectivity index (χ4v) is 4.33. The van der Waals surface area contributed by atoms with Crippen molar-refractivity contribution in [2.45, 2.75) is 20.3 Å². The number of hydrogen-bond acceptors (Lipinski definition) is 6. The molecule has 0 spiro atoms. The molecular weight excluding hydrogens is 499 g/mol. The summed E-state index contributed by atoms with van der Waals surface area (Å²) < 4.78 is 20.2. The number of nitrogens with one attached hydrogen (secondary N) is 2. The highest BCUT2D eigenvalue weighted by Crippen LogP contribution is 2.33. The summed E-state index contributed by atoms with van der Waals surface area (Å²) in [5.41, 5.74) is 8.09. The molecule has 0 aromatic heterocycles. The van der Waals surface area contributed by atoms with Crippen LogP contribution in [-0.2, 0) is 4.79 Å². The van der Waals surface area contributed by atoms with Crippen molar-refractivity contribution in [3.05, 3.63) is 94.9 Å². The summed E-state index contributed by atoms with van der Waals surface area (Å²) in [7, 11) is 0. The van der Waals surface area contributed by atoms with E-state index in [2.05, 4.69) is 29.4 Å². The van der Waals surface area contributed by atoms with Gasteiger partial charge >= 0.3 is 0 Å². The number of rotatable bonds is 12. The van der Waals surface area contributed by atoms with Crippen molar-refractivity contribution in [1.82, 2.24) is 4.90 Å². The van der Waals surface area contributed by atoms with E-state index in [1.54, 1.807) is 42.5 Å². The van der Waals surface area contributed by atoms with Crippen LogP contribution < -0.4 is 21.1 Å². The molecule has 3 aromatic rings. The van der Waals surface area contributed by atoms with Crippen LogP contribution in [0.15, 0.2) is 66.9 Å². The minimum atomic E-state index is -0.624. The van der Waals surface area contributed by atoms with Crippen LogP contribution in [0.3, 0.4) is 0 Å². The highest BCUT2D eigenvalue weighted by atomic mass is 19.1. The van der Waals surface area contributed by atoms with Gasteiger partial charge in [-0.2, -0.15) is 0 Å². The lowest BCUT2D eigenvalue weighted by molar-refractivity contribution is -0.110. The molecule has 0 unspecified atom stereocenters. The summed E-state index contributed by atoms with van der Waals surface area (Å²) in [6.07, 6.45) is 2.30. The van der Waals surface area contributed by atoms with E-state index in [1.165, 1.54) is 24.4 Å². The van der Waals surface area contributed by atoms with E-state index in [1.807, 2.05) is 0 Å². The van der Waals surface area contributed by atoms with E-state index in [-0.39, 0.29) is 23.0 Å². The molecule has 0 fully saturated rings. The summed E-state index contributed by atoms with van der Waals surface area (Å²) in [5, 5.41) is 5.72. The monoisotopic (exact) mass is 530 g/mol. The van der Waals surface area contributed by atoms with Gasteiger partial charge in [-0.05, 0) is 49.8 Å². The van der Waals surface area contributed by atoms with Gasteiger partial charge in [0.1, 0.15) is 0 Å². The normalized spacial score (nSPS) is 13.3. The average Bonchev–Trinajstić information content (AvgIpc) is 3.26. The number of halogens is 1. The van der Waals surface area contributed by atoms with E-state index >= 15 is 0 Å². The van der Waals surface area contributed by atoms with Gasteiger partial charge in [0.15, 0.2) is 17.3 Å². The maximum atomic E-state index is 14.6. The van der Waals surface area contributed by atoms with Crippen LogP contribution >= 0.6 is 0 Å². The molecule has 4 N–H and O–H groups in total. The first-order valence-corrected chi connectivity index (χ1v) is 12.8. The zero-order valence-corrected chi connectivity index (χ0v) is 21.9. The maximum Gasteiger partial charge on any atom is 0.257 e. The number of ether oxygens (including phenoxy) is 1. The zero-order chi connectivity index (χ0) is 27.9. The first-order valence-electron chi connectivity index (χ1n) is 12.8. The lowest BCUT2D eigenvalue weighted by Gasteiger charge is -2.17. The van der Waals surface area contributed by atoms with E-state index in [0.29, 0.717) is 40.2 Å². The van der Waals surface area contributed by atoms with E-state index in [9.17, 15) is 18.8 Å². The molecule has 1 aliphatic heterocycles. The number of benzene rings is 3. The number of carbonyl (C=O) groups is 3. The topological polar surface area (TPSA) is 114 Å². The number of nitrogens with two attached hydrogens (primary N) is 1. The molecule has 0 aliphatic carbocycles. The quantitative estimate of drug-likeness (QED) is 0.178. The van der Waals surface area contributed by atoms with Crippen molar-refractivity contribution in [2.75, 3.05) is 36.9 Å². The van der Waals surface area contributed by atoms with Crippen LogP contribution in [0.5, 0.6) is 5.75 Å². The minimum absolute atomic E-state index is 0.176. The molecule has 0 saturated heterocycles. The maximum absolute atomic E-state index is 14.6. The second-order valence-corrected chi connectivity index (χ2v) is 9.07. The van der Waals surface area contributed by atoms with Gasteiger partial charge in [-0.25, -0.2) is 4.39 Å². The standard InChI is InChI=1S/C30H31FN4O4/c1-3-35(4-2)13-6-14-39-27-12-10-22(17-25(27)31)33-18-24-23-11-9-20(16-26(23)34-30(24)38)28(36)19-7-5-8-21(15-19)29(32)37/h5,7-12,15-18,33H,3-4,6,13-14H2,1-2H3,(H2,32,37)(H,34,38). The van der Waals surface area contributed by atoms with E-state index in [0.717, 1.165) is 26.1 Å². The molecule has 0 radical (unpaired) electrons. The van der Waals surface area contributed by atoms with Crippen molar-refractivity contribution in [2.24, 2.45) is 5.73 Å². The Kier molecular flexibility index (Phi) is 8.73. The molecule has 1 aliphatic rings. The molecule has 0 atom stereocenters.